The fourth-order valence-electron chi connectivity index (χ4n) is 1.36. The maximum atomic E-state index is 11.1. The van der Waals surface area contributed by atoms with Crippen molar-refractivity contribution in [3.05, 3.63) is 18.4 Å². The molecular formula is C11H18O5S. The van der Waals surface area contributed by atoms with E-state index in [0.29, 0.717) is 12.4 Å². The maximum absolute atomic E-state index is 11.1. The average molecular weight is 262 g/mol. The molecule has 98 valence electrons. The lowest BCUT2D eigenvalue weighted by Gasteiger charge is -2.15. The Kier molecular flexibility index (Phi) is 5.50. The molecule has 0 spiro atoms. The van der Waals surface area contributed by atoms with Crippen molar-refractivity contribution >= 4 is 10.1 Å². The summed E-state index contributed by atoms with van der Waals surface area (Å²) in [5.41, 5.74) is 0. The molecule has 0 aliphatic heterocycles. The maximum Gasteiger partial charge on any atom is 0.284 e. The molecule has 6 heteroatoms. The minimum Gasteiger partial charge on any atom is -0.462 e. The predicted octanol–water partition coefficient (Wildman–Crippen LogP) is 2.19. The Morgan fingerprint density at radius 3 is 2.76 bits per heavy atom. The highest BCUT2D eigenvalue weighted by Gasteiger charge is 2.16. The van der Waals surface area contributed by atoms with Crippen molar-refractivity contribution in [1.82, 2.24) is 0 Å². The molecule has 0 bridgehead atoms. The lowest BCUT2D eigenvalue weighted by Crippen LogP contribution is -2.24. The summed E-state index contributed by atoms with van der Waals surface area (Å²) in [4.78, 5) is 0. The predicted molar refractivity (Wildman–Crippen MR) is 63.4 cm³/mol. The molecule has 0 saturated heterocycles. The van der Waals surface area contributed by atoms with E-state index in [9.17, 15) is 8.42 Å². The number of ether oxygens (including phenoxy) is 1. The van der Waals surface area contributed by atoms with E-state index >= 15 is 0 Å². The van der Waals surface area contributed by atoms with Crippen molar-refractivity contribution in [2.75, 3.05) is 12.9 Å². The Bertz CT molecular complexity index is 396. The highest BCUT2D eigenvalue weighted by atomic mass is 32.2. The second kappa shape index (κ2) is 6.66. The lowest BCUT2D eigenvalue weighted by atomic mass is 10.2. The van der Waals surface area contributed by atoms with Gasteiger partial charge in [0.25, 0.3) is 16.1 Å². The Hall–Kier alpha value is -1.01. The molecular weight excluding hydrogens is 244 g/mol. The highest BCUT2D eigenvalue weighted by molar-refractivity contribution is 7.86. The molecule has 0 aromatic carbocycles. The molecule has 0 aliphatic carbocycles. The fraction of sp³-hybridized carbons (Fsp3) is 0.636. The molecule has 1 unspecified atom stereocenters. The average Bonchev–Trinajstić information content (AvgIpc) is 2.73. The Labute approximate surface area is 102 Å². The van der Waals surface area contributed by atoms with E-state index in [4.69, 9.17) is 13.3 Å². The molecule has 0 amide bonds. The molecule has 1 heterocycles. The van der Waals surface area contributed by atoms with E-state index < -0.39 is 16.2 Å². The van der Waals surface area contributed by atoms with E-state index in [1.807, 2.05) is 6.92 Å². The normalized spacial score (nSPS) is 13.5. The second-order valence-electron chi connectivity index (χ2n) is 3.81. The first kappa shape index (κ1) is 14.1. The molecule has 1 aromatic heterocycles. The Morgan fingerprint density at radius 2 is 2.24 bits per heavy atom. The third-order valence-corrected chi connectivity index (χ3v) is 2.72. The topological polar surface area (TPSA) is 65.7 Å². The summed E-state index contributed by atoms with van der Waals surface area (Å²) in [6.07, 6.45) is 4.58. The molecule has 0 fully saturated rings. The molecule has 5 nitrogen and oxygen atoms in total. The monoisotopic (exact) mass is 262 g/mol. The van der Waals surface area contributed by atoms with Gasteiger partial charge >= 0.3 is 0 Å². The van der Waals surface area contributed by atoms with Crippen LogP contribution in [0.1, 0.15) is 26.2 Å². The zero-order chi connectivity index (χ0) is 12.7. The fourth-order valence-corrected chi connectivity index (χ4v) is 2.01. The van der Waals surface area contributed by atoms with Gasteiger partial charge in [0.05, 0.1) is 12.5 Å². The molecule has 1 atom stereocenters. The smallest absolute Gasteiger partial charge is 0.284 e. The lowest BCUT2D eigenvalue weighted by molar-refractivity contribution is 0.109. The zero-order valence-electron chi connectivity index (χ0n) is 10.1. The third kappa shape index (κ3) is 6.33. The van der Waals surface area contributed by atoms with Crippen LogP contribution in [-0.4, -0.2) is 27.4 Å². The van der Waals surface area contributed by atoms with E-state index in [1.54, 1.807) is 12.1 Å². The third-order valence-electron chi connectivity index (χ3n) is 2.10. The van der Waals surface area contributed by atoms with Gasteiger partial charge in [0, 0.05) is 6.07 Å². The first-order chi connectivity index (χ1) is 8.01. The number of hydrogen-bond donors (Lipinski definition) is 0. The van der Waals surface area contributed by atoms with Gasteiger partial charge in [-0.25, -0.2) is 0 Å². The van der Waals surface area contributed by atoms with Crippen LogP contribution in [0.25, 0.3) is 0 Å². The molecule has 17 heavy (non-hydrogen) atoms. The largest absolute Gasteiger partial charge is 0.462 e. The number of hydrogen-bond acceptors (Lipinski definition) is 5. The van der Waals surface area contributed by atoms with Gasteiger partial charge in [-0.1, -0.05) is 19.8 Å². The van der Waals surface area contributed by atoms with Crippen LogP contribution in [0.4, 0.5) is 0 Å². The number of unbranched alkanes of at least 4 members (excludes halogenated alkanes) is 1. The van der Waals surface area contributed by atoms with Crippen LogP contribution in [0.15, 0.2) is 22.8 Å². The van der Waals surface area contributed by atoms with Crippen LogP contribution in [0.2, 0.25) is 0 Å². The van der Waals surface area contributed by atoms with E-state index in [1.165, 1.54) is 6.26 Å². The quantitative estimate of drug-likeness (QED) is 0.672. The summed E-state index contributed by atoms with van der Waals surface area (Å²) in [5.74, 6) is 0.364. The summed E-state index contributed by atoms with van der Waals surface area (Å²) in [6, 6.07) is 3.37. The van der Waals surface area contributed by atoms with Gasteiger partial charge in [-0.3, -0.25) is 4.18 Å². The van der Waals surface area contributed by atoms with Crippen LogP contribution in [0, 0.1) is 0 Å². The minimum atomic E-state index is -3.46. The molecule has 0 radical (unpaired) electrons. The van der Waals surface area contributed by atoms with Crippen LogP contribution >= 0.6 is 0 Å². The van der Waals surface area contributed by atoms with Crippen LogP contribution < -0.4 is 4.74 Å². The first-order valence-corrected chi connectivity index (χ1v) is 7.37. The summed E-state index contributed by atoms with van der Waals surface area (Å²) >= 11 is 0. The van der Waals surface area contributed by atoms with E-state index in [-0.39, 0.29) is 6.61 Å². The molecule has 0 saturated carbocycles. The van der Waals surface area contributed by atoms with Crippen molar-refractivity contribution in [1.29, 1.82) is 0 Å². The minimum absolute atomic E-state index is 0.167. The van der Waals surface area contributed by atoms with Gasteiger partial charge in [0.2, 0.25) is 0 Å². The zero-order valence-corrected chi connectivity index (χ0v) is 10.9. The van der Waals surface area contributed by atoms with Gasteiger partial charge in [-0.2, -0.15) is 8.42 Å². The number of rotatable bonds is 8. The van der Waals surface area contributed by atoms with Crippen LogP contribution in [0.5, 0.6) is 5.95 Å². The number of furan rings is 1. The van der Waals surface area contributed by atoms with Gasteiger partial charge in [0.15, 0.2) is 0 Å². The van der Waals surface area contributed by atoms with Gasteiger partial charge < -0.3 is 9.15 Å². The van der Waals surface area contributed by atoms with Crippen molar-refractivity contribution in [2.24, 2.45) is 0 Å². The van der Waals surface area contributed by atoms with Crippen LogP contribution in [0.3, 0.4) is 0 Å². The SMILES string of the molecule is CCCCC(COc1ccco1)OS(C)(=O)=O. The standard InChI is InChI=1S/C11H18O5S/c1-3-4-6-10(16-17(2,12)13)9-15-11-7-5-8-14-11/h5,7-8,10H,3-4,6,9H2,1-2H3. The van der Waals surface area contributed by atoms with Gasteiger partial charge in [0.1, 0.15) is 12.7 Å². The molecule has 1 rings (SSSR count). The van der Waals surface area contributed by atoms with Crippen LogP contribution in [-0.2, 0) is 14.3 Å². The summed E-state index contributed by atoms with van der Waals surface area (Å²) < 4.78 is 37.4. The molecule has 1 aromatic rings. The van der Waals surface area contributed by atoms with E-state index in [0.717, 1.165) is 19.1 Å². The van der Waals surface area contributed by atoms with Gasteiger partial charge in [-0.05, 0) is 12.5 Å². The Balaban J connectivity index is 2.45. The van der Waals surface area contributed by atoms with Crippen molar-refractivity contribution in [3.8, 4) is 5.95 Å². The highest BCUT2D eigenvalue weighted by Crippen LogP contribution is 2.13. The van der Waals surface area contributed by atoms with Crippen molar-refractivity contribution < 1.29 is 21.8 Å². The van der Waals surface area contributed by atoms with Gasteiger partial charge in [-0.15, -0.1) is 0 Å². The second-order valence-corrected chi connectivity index (χ2v) is 5.41. The summed E-state index contributed by atoms with van der Waals surface area (Å²) in [7, 11) is -3.46. The Morgan fingerprint density at radius 1 is 1.47 bits per heavy atom. The molecule has 0 aliphatic rings. The van der Waals surface area contributed by atoms with Crippen molar-refractivity contribution in [2.45, 2.75) is 32.3 Å². The molecule has 0 N–H and O–H groups in total. The van der Waals surface area contributed by atoms with Crippen molar-refractivity contribution in [3.63, 3.8) is 0 Å². The summed E-state index contributed by atoms with van der Waals surface area (Å²) in [6.45, 7) is 2.20. The van der Waals surface area contributed by atoms with E-state index in [2.05, 4.69) is 0 Å². The summed E-state index contributed by atoms with van der Waals surface area (Å²) in [5, 5.41) is 0. The first-order valence-electron chi connectivity index (χ1n) is 5.56.